The van der Waals surface area contributed by atoms with Gasteiger partial charge in [0.2, 0.25) is 6.10 Å². The third-order valence-electron chi connectivity index (χ3n) is 3.10. The molecule has 0 spiro atoms. The molecule has 20 heavy (non-hydrogen) atoms. The quantitative estimate of drug-likeness (QED) is 0.912. The highest BCUT2D eigenvalue weighted by atomic mass is 16.6. The molecule has 1 aromatic carbocycles. The summed E-state index contributed by atoms with van der Waals surface area (Å²) in [5.41, 5.74) is 0. The topological polar surface area (TPSA) is 67.5 Å². The molecule has 1 aliphatic heterocycles. The predicted octanol–water partition coefficient (Wildman–Crippen LogP) is 1.21. The second-order valence-corrected chi connectivity index (χ2v) is 4.59. The van der Waals surface area contributed by atoms with E-state index in [4.69, 9.17) is 9.47 Å². The van der Waals surface area contributed by atoms with Crippen LogP contribution in [0, 0.1) is 0 Å². The minimum absolute atomic E-state index is 0.129. The van der Waals surface area contributed by atoms with Crippen molar-refractivity contribution in [2.24, 2.45) is 0 Å². The lowest BCUT2D eigenvalue weighted by atomic mass is 10.2. The van der Waals surface area contributed by atoms with Gasteiger partial charge in [-0.05, 0) is 12.1 Å². The number of fused-ring (bicyclic) bond motifs is 1. The van der Waals surface area contributed by atoms with Crippen LogP contribution in [0.15, 0.2) is 36.7 Å². The Hall–Kier alpha value is -2.50. The van der Waals surface area contributed by atoms with Crippen molar-refractivity contribution in [2.45, 2.75) is 12.6 Å². The van der Waals surface area contributed by atoms with Gasteiger partial charge < -0.3 is 19.4 Å². The molecule has 1 unspecified atom stereocenters. The minimum Gasteiger partial charge on any atom is -0.485 e. The summed E-state index contributed by atoms with van der Waals surface area (Å²) in [6.45, 7) is 0.631. The van der Waals surface area contributed by atoms with Crippen LogP contribution < -0.4 is 9.47 Å². The number of amides is 1. The second kappa shape index (κ2) is 5.24. The van der Waals surface area contributed by atoms with Crippen LogP contribution in [0.3, 0.4) is 0 Å². The minimum atomic E-state index is -0.620. The van der Waals surface area contributed by atoms with Crippen LogP contribution in [0.4, 0.5) is 0 Å². The maximum absolute atomic E-state index is 12.3. The lowest BCUT2D eigenvalue weighted by Crippen LogP contribution is -2.44. The van der Waals surface area contributed by atoms with Crippen molar-refractivity contribution >= 4 is 5.91 Å². The van der Waals surface area contributed by atoms with E-state index >= 15 is 0 Å². The molecule has 0 bridgehead atoms. The molecular weight excluding hydrogens is 258 g/mol. The van der Waals surface area contributed by atoms with Gasteiger partial charge in [0.1, 0.15) is 12.4 Å². The van der Waals surface area contributed by atoms with E-state index in [0.29, 0.717) is 18.0 Å². The van der Waals surface area contributed by atoms with E-state index in [2.05, 4.69) is 9.97 Å². The van der Waals surface area contributed by atoms with E-state index < -0.39 is 6.10 Å². The van der Waals surface area contributed by atoms with E-state index in [1.165, 1.54) is 0 Å². The number of rotatable bonds is 3. The highest BCUT2D eigenvalue weighted by molar-refractivity contribution is 5.81. The van der Waals surface area contributed by atoms with E-state index in [9.17, 15) is 4.79 Å². The normalized spacial score (nSPS) is 16.8. The number of carbonyl (C=O) groups excluding carboxylic acids is 1. The molecule has 104 valence electrons. The van der Waals surface area contributed by atoms with Crippen LogP contribution in [0.25, 0.3) is 0 Å². The number of aromatic nitrogens is 2. The van der Waals surface area contributed by atoms with Gasteiger partial charge in [0.15, 0.2) is 11.5 Å². The molecule has 1 N–H and O–H groups in total. The second-order valence-electron chi connectivity index (χ2n) is 4.59. The Bertz CT molecular complexity index is 597. The van der Waals surface area contributed by atoms with Gasteiger partial charge in [-0.25, -0.2) is 4.98 Å². The number of nitrogens with zero attached hydrogens (tertiary/aromatic N) is 2. The van der Waals surface area contributed by atoms with Crippen LogP contribution in [-0.2, 0) is 11.3 Å². The van der Waals surface area contributed by atoms with Crippen LogP contribution in [0.1, 0.15) is 5.82 Å². The van der Waals surface area contributed by atoms with Gasteiger partial charge in [-0.2, -0.15) is 0 Å². The van der Waals surface area contributed by atoms with Crippen molar-refractivity contribution in [2.75, 3.05) is 13.7 Å². The highest BCUT2D eigenvalue weighted by Crippen LogP contribution is 2.31. The summed E-state index contributed by atoms with van der Waals surface area (Å²) in [6.07, 6.45) is 2.76. The first kappa shape index (κ1) is 12.5. The number of hydrogen-bond donors (Lipinski definition) is 1. The highest BCUT2D eigenvalue weighted by Gasteiger charge is 2.29. The summed E-state index contributed by atoms with van der Waals surface area (Å²) in [6, 6.07) is 7.33. The third kappa shape index (κ3) is 2.45. The summed E-state index contributed by atoms with van der Waals surface area (Å²) < 4.78 is 11.2. The summed E-state index contributed by atoms with van der Waals surface area (Å²) in [5, 5.41) is 0. The van der Waals surface area contributed by atoms with E-state index in [1.54, 1.807) is 30.4 Å². The van der Waals surface area contributed by atoms with E-state index in [0.717, 1.165) is 5.82 Å². The fraction of sp³-hybridized carbons (Fsp3) is 0.286. The van der Waals surface area contributed by atoms with E-state index in [1.807, 2.05) is 18.2 Å². The number of para-hydroxylation sites is 2. The standard InChI is InChI=1S/C14H15N3O3/c1-17(8-13-15-6-7-16-13)14(18)12-9-19-10-4-2-3-5-11(10)20-12/h2-7,12H,8-9H2,1H3,(H,15,16). The molecule has 6 nitrogen and oxygen atoms in total. The Morgan fingerprint density at radius 1 is 1.45 bits per heavy atom. The van der Waals surface area contributed by atoms with E-state index in [-0.39, 0.29) is 12.5 Å². The SMILES string of the molecule is CN(Cc1ncc[nH]1)C(=O)C1COc2ccccc2O1. The molecule has 0 aliphatic carbocycles. The molecule has 0 saturated heterocycles. The molecule has 0 radical (unpaired) electrons. The Balaban J connectivity index is 1.66. The Morgan fingerprint density at radius 2 is 2.25 bits per heavy atom. The van der Waals surface area contributed by atoms with Crippen LogP contribution in [-0.4, -0.2) is 40.5 Å². The summed E-state index contributed by atoms with van der Waals surface area (Å²) in [5.74, 6) is 1.88. The molecule has 1 aromatic heterocycles. The largest absolute Gasteiger partial charge is 0.485 e. The van der Waals surface area contributed by atoms with Crippen molar-refractivity contribution in [3.63, 3.8) is 0 Å². The number of nitrogens with one attached hydrogen (secondary N) is 1. The lowest BCUT2D eigenvalue weighted by Gasteiger charge is -2.28. The van der Waals surface area contributed by atoms with Gasteiger partial charge in [-0.3, -0.25) is 4.79 Å². The van der Waals surface area contributed by atoms with Crippen molar-refractivity contribution in [1.82, 2.24) is 14.9 Å². The number of hydrogen-bond acceptors (Lipinski definition) is 4. The Kier molecular flexibility index (Phi) is 3.28. The molecule has 1 atom stereocenters. The van der Waals surface area contributed by atoms with Gasteiger partial charge in [0, 0.05) is 19.4 Å². The van der Waals surface area contributed by atoms with Gasteiger partial charge >= 0.3 is 0 Å². The average Bonchev–Trinajstić information content (AvgIpc) is 2.99. The number of aromatic amines is 1. The maximum Gasteiger partial charge on any atom is 0.267 e. The first-order valence-corrected chi connectivity index (χ1v) is 6.36. The number of likely N-dealkylation sites (N-methyl/N-ethyl adjacent to an activating group) is 1. The van der Waals surface area contributed by atoms with Crippen molar-refractivity contribution in [1.29, 1.82) is 0 Å². The molecule has 6 heteroatoms. The number of imidazole rings is 1. The Labute approximate surface area is 116 Å². The van der Waals surface area contributed by atoms with Crippen molar-refractivity contribution in [3.05, 3.63) is 42.5 Å². The third-order valence-corrected chi connectivity index (χ3v) is 3.10. The van der Waals surface area contributed by atoms with Crippen LogP contribution in [0.5, 0.6) is 11.5 Å². The fourth-order valence-electron chi connectivity index (χ4n) is 2.07. The molecule has 0 fully saturated rings. The molecule has 3 rings (SSSR count). The maximum atomic E-state index is 12.3. The predicted molar refractivity (Wildman–Crippen MR) is 71.4 cm³/mol. The smallest absolute Gasteiger partial charge is 0.267 e. The molecule has 1 amide bonds. The van der Waals surface area contributed by atoms with Crippen LogP contribution in [0.2, 0.25) is 0 Å². The van der Waals surface area contributed by atoms with Crippen LogP contribution >= 0.6 is 0 Å². The first-order chi connectivity index (χ1) is 9.74. The number of carbonyl (C=O) groups is 1. The van der Waals surface area contributed by atoms with Gasteiger partial charge in [-0.1, -0.05) is 12.1 Å². The molecule has 2 aromatic rings. The van der Waals surface area contributed by atoms with Crippen molar-refractivity contribution < 1.29 is 14.3 Å². The fourth-order valence-corrected chi connectivity index (χ4v) is 2.07. The molecular formula is C14H15N3O3. The monoisotopic (exact) mass is 273 g/mol. The average molecular weight is 273 g/mol. The molecule has 1 aliphatic rings. The lowest BCUT2D eigenvalue weighted by molar-refractivity contribution is -0.140. The number of H-pyrrole nitrogens is 1. The molecule has 2 heterocycles. The van der Waals surface area contributed by atoms with Gasteiger partial charge in [0.05, 0.1) is 6.54 Å². The Morgan fingerprint density at radius 3 is 3.00 bits per heavy atom. The number of benzene rings is 1. The molecule has 0 saturated carbocycles. The van der Waals surface area contributed by atoms with Gasteiger partial charge in [-0.15, -0.1) is 0 Å². The van der Waals surface area contributed by atoms with Gasteiger partial charge in [0.25, 0.3) is 5.91 Å². The van der Waals surface area contributed by atoms with Crippen molar-refractivity contribution in [3.8, 4) is 11.5 Å². The summed E-state index contributed by atoms with van der Waals surface area (Å²) in [7, 11) is 1.72. The first-order valence-electron chi connectivity index (χ1n) is 6.36. The summed E-state index contributed by atoms with van der Waals surface area (Å²) >= 11 is 0. The number of ether oxygens (including phenoxy) is 2. The zero-order valence-corrected chi connectivity index (χ0v) is 11.1. The zero-order valence-electron chi connectivity index (χ0n) is 11.1. The summed E-state index contributed by atoms with van der Waals surface area (Å²) in [4.78, 5) is 20.9. The zero-order chi connectivity index (χ0) is 13.9.